The molecule has 2 rings (SSSR count). The molecule has 5 nitrogen and oxygen atoms in total. The molecule has 0 amide bonds. The Labute approximate surface area is 95.2 Å². The summed E-state index contributed by atoms with van der Waals surface area (Å²) in [6.45, 7) is 9.02. The summed E-state index contributed by atoms with van der Waals surface area (Å²) in [6, 6.07) is 0.171. The van der Waals surface area contributed by atoms with Gasteiger partial charge in [0.05, 0.1) is 6.04 Å². The maximum atomic E-state index is 11.5. The fraction of sp³-hybridized carbons (Fsp3) is 0.909. The molecule has 0 aliphatic heterocycles. The molecule has 0 atom stereocenters. The van der Waals surface area contributed by atoms with Crippen molar-refractivity contribution in [2.75, 3.05) is 0 Å². The maximum Gasteiger partial charge on any atom is 0.361 e. The first-order valence-electron chi connectivity index (χ1n) is 5.79. The van der Waals surface area contributed by atoms with Crippen LogP contribution in [0, 0.1) is 10.8 Å². The van der Waals surface area contributed by atoms with E-state index in [0.29, 0.717) is 0 Å². The third-order valence-corrected chi connectivity index (χ3v) is 3.37. The molecule has 1 fully saturated rings. The second-order valence-electron chi connectivity index (χ2n) is 6.52. The van der Waals surface area contributed by atoms with E-state index in [2.05, 4.69) is 43.2 Å². The summed E-state index contributed by atoms with van der Waals surface area (Å²) < 4.78 is 1.50. The molecule has 0 unspecified atom stereocenters. The van der Waals surface area contributed by atoms with Gasteiger partial charge in [0.1, 0.15) is 0 Å². The van der Waals surface area contributed by atoms with Gasteiger partial charge in [-0.2, -0.15) is 4.68 Å². The molecule has 1 aromatic heterocycles. The van der Waals surface area contributed by atoms with Crippen molar-refractivity contribution in [2.45, 2.75) is 53.0 Å². The van der Waals surface area contributed by atoms with Crippen LogP contribution in [0.5, 0.6) is 0 Å². The van der Waals surface area contributed by atoms with Crippen molar-refractivity contribution >= 4 is 0 Å². The number of hydrogen-bond acceptors (Lipinski definition) is 3. The fourth-order valence-corrected chi connectivity index (χ4v) is 3.40. The summed E-state index contributed by atoms with van der Waals surface area (Å²) in [5.41, 5.74) is 0.314. The van der Waals surface area contributed by atoms with E-state index in [1.807, 2.05) is 0 Å². The van der Waals surface area contributed by atoms with Crippen molar-refractivity contribution in [3.8, 4) is 0 Å². The van der Waals surface area contributed by atoms with Gasteiger partial charge in [-0.05, 0) is 40.5 Å². The molecule has 1 aliphatic carbocycles. The molecule has 1 N–H and O–H groups in total. The van der Waals surface area contributed by atoms with Crippen LogP contribution in [-0.4, -0.2) is 20.2 Å². The predicted octanol–water partition coefficient (Wildman–Crippen LogP) is 1.74. The highest BCUT2D eigenvalue weighted by Crippen LogP contribution is 2.49. The Kier molecular flexibility index (Phi) is 2.44. The zero-order valence-electron chi connectivity index (χ0n) is 10.4. The first kappa shape index (κ1) is 11.4. The van der Waals surface area contributed by atoms with Gasteiger partial charge in [0, 0.05) is 0 Å². The Morgan fingerprint density at radius 1 is 1.25 bits per heavy atom. The third-order valence-electron chi connectivity index (χ3n) is 3.37. The van der Waals surface area contributed by atoms with Gasteiger partial charge >= 0.3 is 5.69 Å². The molecule has 1 aliphatic rings. The van der Waals surface area contributed by atoms with E-state index in [0.717, 1.165) is 12.8 Å². The second kappa shape index (κ2) is 3.43. The Balaban J connectivity index is 2.30. The highest BCUT2D eigenvalue weighted by atomic mass is 16.2. The quantitative estimate of drug-likeness (QED) is 0.790. The van der Waals surface area contributed by atoms with Crippen LogP contribution in [0.1, 0.15) is 53.0 Å². The summed E-state index contributed by atoms with van der Waals surface area (Å²) in [4.78, 5) is 11.5. The SMILES string of the molecule is CC1(C)CC(n2nn[nH]c2=O)CC(C)(C)C1. The first-order chi connectivity index (χ1) is 7.29. The van der Waals surface area contributed by atoms with E-state index in [-0.39, 0.29) is 22.6 Å². The molecule has 0 aromatic carbocycles. The summed E-state index contributed by atoms with van der Waals surface area (Å²) in [7, 11) is 0. The minimum absolute atomic E-state index is 0.171. The smallest absolute Gasteiger partial charge is 0.245 e. The number of nitrogens with zero attached hydrogens (tertiary/aromatic N) is 3. The van der Waals surface area contributed by atoms with E-state index >= 15 is 0 Å². The highest BCUT2D eigenvalue weighted by molar-refractivity contribution is 4.91. The second-order valence-corrected chi connectivity index (χ2v) is 6.52. The summed E-state index contributed by atoms with van der Waals surface area (Å²) in [5.74, 6) is 0. The van der Waals surface area contributed by atoms with Crippen LogP contribution in [0.25, 0.3) is 0 Å². The van der Waals surface area contributed by atoms with Crippen LogP contribution in [0.2, 0.25) is 0 Å². The molecule has 5 heteroatoms. The Morgan fingerprint density at radius 3 is 2.25 bits per heavy atom. The summed E-state index contributed by atoms with van der Waals surface area (Å²) >= 11 is 0. The van der Waals surface area contributed by atoms with Crippen LogP contribution >= 0.6 is 0 Å². The van der Waals surface area contributed by atoms with Crippen molar-refractivity contribution in [1.82, 2.24) is 20.2 Å². The molecule has 16 heavy (non-hydrogen) atoms. The van der Waals surface area contributed by atoms with Gasteiger partial charge in [-0.1, -0.05) is 27.7 Å². The molecule has 0 radical (unpaired) electrons. The van der Waals surface area contributed by atoms with Gasteiger partial charge in [-0.15, -0.1) is 0 Å². The third kappa shape index (κ3) is 2.18. The molecule has 1 heterocycles. The standard InChI is InChI=1S/C11H20N4O/c1-10(2)5-8(6-11(3,4)7-10)15-9(16)12-13-14-15/h8H,5-7H2,1-4H3,(H,12,14,16). The molecule has 1 saturated carbocycles. The average molecular weight is 224 g/mol. The van der Waals surface area contributed by atoms with Crippen molar-refractivity contribution in [3.63, 3.8) is 0 Å². The van der Waals surface area contributed by atoms with E-state index in [1.54, 1.807) is 0 Å². The van der Waals surface area contributed by atoms with Crippen LogP contribution in [0.3, 0.4) is 0 Å². The minimum atomic E-state index is -0.196. The molecule has 0 saturated heterocycles. The van der Waals surface area contributed by atoms with Crippen LogP contribution in [-0.2, 0) is 0 Å². The number of H-pyrrole nitrogens is 1. The van der Waals surface area contributed by atoms with E-state index < -0.39 is 0 Å². The lowest BCUT2D eigenvalue weighted by Gasteiger charge is -2.44. The van der Waals surface area contributed by atoms with E-state index in [9.17, 15) is 4.79 Å². The fourth-order valence-electron chi connectivity index (χ4n) is 3.40. The molecule has 0 spiro atoms. The Bertz CT molecular complexity index is 413. The predicted molar refractivity (Wildman–Crippen MR) is 61.1 cm³/mol. The number of tetrazole rings is 1. The van der Waals surface area contributed by atoms with Gasteiger partial charge in [0.25, 0.3) is 0 Å². The number of rotatable bonds is 1. The molecule has 90 valence electrons. The van der Waals surface area contributed by atoms with Crippen molar-refractivity contribution < 1.29 is 0 Å². The largest absolute Gasteiger partial charge is 0.361 e. The van der Waals surface area contributed by atoms with Crippen LogP contribution < -0.4 is 5.69 Å². The van der Waals surface area contributed by atoms with Gasteiger partial charge in [-0.3, -0.25) is 0 Å². The zero-order valence-corrected chi connectivity index (χ0v) is 10.4. The molecular formula is C11H20N4O. The van der Waals surface area contributed by atoms with Gasteiger partial charge in [0.15, 0.2) is 0 Å². The maximum absolute atomic E-state index is 11.5. The normalized spacial score (nSPS) is 24.5. The van der Waals surface area contributed by atoms with Gasteiger partial charge < -0.3 is 0 Å². The first-order valence-corrected chi connectivity index (χ1v) is 5.79. The molecular weight excluding hydrogens is 204 g/mol. The monoisotopic (exact) mass is 224 g/mol. The highest BCUT2D eigenvalue weighted by Gasteiger charge is 2.40. The minimum Gasteiger partial charge on any atom is -0.245 e. The lowest BCUT2D eigenvalue weighted by atomic mass is 9.63. The molecule has 0 bridgehead atoms. The zero-order chi connectivity index (χ0) is 12.0. The van der Waals surface area contributed by atoms with Crippen molar-refractivity contribution in [1.29, 1.82) is 0 Å². The lowest BCUT2D eigenvalue weighted by Crippen LogP contribution is -2.38. The van der Waals surface area contributed by atoms with E-state index in [1.165, 1.54) is 11.1 Å². The summed E-state index contributed by atoms with van der Waals surface area (Å²) in [6.07, 6.45) is 3.16. The Morgan fingerprint density at radius 2 is 1.81 bits per heavy atom. The summed E-state index contributed by atoms with van der Waals surface area (Å²) in [5, 5.41) is 9.80. The van der Waals surface area contributed by atoms with Crippen molar-refractivity contribution in [3.05, 3.63) is 10.5 Å². The number of aromatic amines is 1. The topological polar surface area (TPSA) is 63.6 Å². The van der Waals surface area contributed by atoms with E-state index in [4.69, 9.17) is 0 Å². The van der Waals surface area contributed by atoms with Crippen molar-refractivity contribution in [2.24, 2.45) is 10.8 Å². The lowest BCUT2D eigenvalue weighted by molar-refractivity contribution is 0.0651. The number of nitrogens with one attached hydrogen (secondary N) is 1. The Hall–Kier alpha value is -1.13. The van der Waals surface area contributed by atoms with Gasteiger partial charge in [0.2, 0.25) is 0 Å². The average Bonchev–Trinajstić information content (AvgIpc) is 2.45. The van der Waals surface area contributed by atoms with Crippen LogP contribution in [0.15, 0.2) is 4.79 Å². The molecule has 1 aromatic rings. The number of aromatic nitrogens is 4. The van der Waals surface area contributed by atoms with Gasteiger partial charge in [-0.25, -0.2) is 9.89 Å². The number of hydrogen-bond donors (Lipinski definition) is 1. The van der Waals surface area contributed by atoms with Crippen LogP contribution in [0.4, 0.5) is 0 Å².